The Labute approximate surface area is 240 Å². The van der Waals surface area contributed by atoms with Gasteiger partial charge in [0.15, 0.2) is 0 Å². The second-order valence-electron chi connectivity index (χ2n) is 10.1. The van der Waals surface area contributed by atoms with Crippen molar-refractivity contribution < 1.29 is 18.0 Å². The van der Waals surface area contributed by atoms with Gasteiger partial charge in [0.2, 0.25) is 21.8 Å². The number of hydrogen-bond donors (Lipinski definition) is 1. The van der Waals surface area contributed by atoms with Gasteiger partial charge in [-0.15, -0.1) is 0 Å². The molecular weight excluding hydrogens is 578 g/mol. The number of anilines is 1. The van der Waals surface area contributed by atoms with Crippen molar-refractivity contribution in [1.82, 2.24) is 10.2 Å². The quantitative estimate of drug-likeness (QED) is 0.330. The Hall–Kier alpha value is -3.17. The molecule has 9 heteroatoms. The van der Waals surface area contributed by atoms with E-state index in [1.807, 2.05) is 94.4 Å². The van der Waals surface area contributed by atoms with E-state index in [1.54, 1.807) is 6.07 Å². The summed E-state index contributed by atoms with van der Waals surface area (Å²) in [6, 6.07) is 21.5. The van der Waals surface area contributed by atoms with Gasteiger partial charge in [0.1, 0.15) is 12.6 Å². The molecule has 0 saturated carbocycles. The van der Waals surface area contributed by atoms with Gasteiger partial charge in [0.25, 0.3) is 0 Å². The number of sulfonamides is 1. The summed E-state index contributed by atoms with van der Waals surface area (Å²) >= 11 is 3.44. The second-order valence-corrected chi connectivity index (χ2v) is 12.9. The number of amides is 2. The Morgan fingerprint density at radius 1 is 0.923 bits per heavy atom. The normalized spacial score (nSPS) is 12.2. The van der Waals surface area contributed by atoms with E-state index in [0.717, 1.165) is 37.3 Å². The van der Waals surface area contributed by atoms with Gasteiger partial charge < -0.3 is 10.2 Å². The molecular formula is C30H36BrN3O4S. The van der Waals surface area contributed by atoms with E-state index in [0.29, 0.717) is 5.69 Å². The van der Waals surface area contributed by atoms with E-state index in [1.165, 1.54) is 4.90 Å². The number of aryl methyl sites for hydroxylation is 2. The highest BCUT2D eigenvalue weighted by molar-refractivity contribution is 9.10. The lowest BCUT2D eigenvalue weighted by Crippen LogP contribution is -2.54. The summed E-state index contributed by atoms with van der Waals surface area (Å²) in [6.07, 6.45) is 1.37. The zero-order valence-corrected chi connectivity index (χ0v) is 25.4. The van der Waals surface area contributed by atoms with Crippen molar-refractivity contribution in [1.29, 1.82) is 0 Å². The molecule has 7 nitrogen and oxygen atoms in total. The van der Waals surface area contributed by atoms with Crippen LogP contribution in [0.4, 0.5) is 5.69 Å². The minimum absolute atomic E-state index is 0.136. The molecule has 0 aliphatic carbocycles. The van der Waals surface area contributed by atoms with Crippen LogP contribution in [0.3, 0.4) is 0 Å². The Morgan fingerprint density at radius 2 is 1.56 bits per heavy atom. The van der Waals surface area contributed by atoms with Crippen molar-refractivity contribution >= 4 is 43.5 Å². The van der Waals surface area contributed by atoms with E-state index in [4.69, 9.17) is 0 Å². The molecule has 1 N–H and O–H groups in total. The van der Waals surface area contributed by atoms with Crippen LogP contribution in [-0.2, 0) is 32.6 Å². The molecule has 1 atom stereocenters. The van der Waals surface area contributed by atoms with Crippen LogP contribution in [0.2, 0.25) is 0 Å². The van der Waals surface area contributed by atoms with Crippen LogP contribution < -0.4 is 9.62 Å². The number of hydrogen-bond acceptors (Lipinski definition) is 4. The van der Waals surface area contributed by atoms with Gasteiger partial charge in [-0.05, 0) is 68.1 Å². The monoisotopic (exact) mass is 613 g/mol. The van der Waals surface area contributed by atoms with Gasteiger partial charge in [-0.3, -0.25) is 13.9 Å². The predicted molar refractivity (Wildman–Crippen MR) is 160 cm³/mol. The molecule has 3 rings (SSSR count). The summed E-state index contributed by atoms with van der Waals surface area (Å²) in [6.45, 7) is 7.12. The summed E-state index contributed by atoms with van der Waals surface area (Å²) in [7, 11) is -3.81. The maximum atomic E-state index is 14.1. The molecule has 39 heavy (non-hydrogen) atoms. The highest BCUT2D eigenvalue weighted by Gasteiger charge is 2.33. The van der Waals surface area contributed by atoms with Gasteiger partial charge in [-0.2, -0.15) is 0 Å². The van der Waals surface area contributed by atoms with Crippen LogP contribution in [0.25, 0.3) is 0 Å². The molecule has 208 valence electrons. The van der Waals surface area contributed by atoms with Crippen LogP contribution >= 0.6 is 15.9 Å². The van der Waals surface area contributed by atoms with E-state index >= 15 is 0 Å². The lowest BCUT2D eigenvalue weighted by Gasteiger charge is -2.34. The van der Waals surface area contributed by atoms with Crippen LogP contribution in [-0.4, -0.2) is 50.0 Å². The zero-order chi connectivity index (χ0) is 28.7. The number of nitrogens with one attached hydrogen (secondary N) is 1. The molecule has 0 aliphatic heterocycles. The average molecular weight is 615 g/mol. The second kappa shape index (κ2) is 13.3. The number of rotatable bonds is 11. The van der Waals surface area contributed by atoms with E-state index in [2.05, 4.69) is 21.2 Å². The maximum absolute atomic E-state index is 14.1. The minimum atomic E-state index is -3.81. The third-order valence-corrected chi connectivity index (χ3v) is 7.94. The van der Waals surface area contributed by atoms with E-state index in [-0.39, 0.29) is 24.9 Å². The number of nitrogens with zero attached hydrogens (tertiary/aromatic N) is 2. The average Bonchev–Trinajstić information content (AvgIpc) is 2.86. The number of benzene rings is 3. The number of halogens is 1. The van der Waals surface area contributed by atoms with Crippen molar-refractivity contribution in [3.63, 3.8) is 0 Å². The first-order chi connectivity index (χ1) is 18.3. The fourth-order valence-electron chi connectivity index (χ4n) is 4.30. The SMILES string of the molecule is Cc1ccc(C)c(N(CC(=O)N(Cc2ccc(Br)cc2)[C@H](Cc2ccccc2)C(=O)NC(C)C)S(C)(=O)=O)c1. The lowest BCUT2D eigenvalue weighted by molar-refractivity contribution is -0.140. The van der Waals surface area contributed by atoms with Gasteiger partial charge in [0, 0.05) is 23.5 Å². The third-order valence-electron chi connectivity index (χ3n) is 6.28. The molecule has 0 unspecified atom stereocenters. The minimum Gasteiger partial charge on any atom is -0.352 e. The van der Waals surface area contributed by atoms with Gasteiger partial charge in [-0.25, -0.2) is 8.42 Å². The molecule has 0 aromatic heterocycles. The zero-order valence-electron chi connectivity index (χ0n) is 23.0. The van der Waals surface area contributed by atoms with Gasteiger partial charge >= 0.3 is 0 Å². The van der Waals surface area contributed by atoms with Gasteiger partial charge in [0.05, 0.1) is 11.9 Å². The standard InChI is InChI=1S/C30H36BrN3O4S/c1-21(2)32-30(36)28(18-24-9-7-6-8-10-24)33(19-25-13-15-26(31)16-14-25)29(35)20-34(39(5,37)38)27-17-22(3)11-12-23(27)4/h6-17,21,28H,18-20H2,1-5H3,(H,32,36)/t28-/m1/s1. The third kappa shape index (κ3) is 8.66. The van der Waals surface area contributed by atoms with Crippen molar-refractivity contribution in [2.45, 2.75) is 52.7 Å². The Balaban J connectivity index is 2.07. The lowest BCUT2D eigenvalue weighted by atomic mass is 10.0. The molecule has 0 fully saturated rings. The first kappa shape index (κ1) is 30.4. The maximum Gasteiger partial charge on any atom is 0.244 e. The van der Waals surface area contributed by atoms with Gasteiger partial charge in [-0.1, -0.05) is 70.5 Å². The topological polar surface area (TPSA) is 86.8 Å². The van der Waals surface area contributed by atoms with Crippen LogP contribution in [0.15, 0.2) is 77.3 Å². The summed E-state index contributed by atoms with van der Waals surface area (Å²) in [5.74, 6) is -0.763. The van der Waals surface area contributed by atoms with Crippen molar-refractivity contribution in [2.24, 2.45) is 0 Å². The smallest absolute Gasteiger partial charge is 0.244 e. The van der Waals surface area contributed by atoms with E-state index in [9.17, 15) is 18.0 Å². The summed E-state index contributed by atoms with van der Waals surface area (Å²) < 4.78 is 27.9. The molecule has 3 aromatic carbocycles. The fourth-order valence-corrected chi connectivity index (χ4v) is 5.47. The Bertz CT molecular complexity index is 1390. The summed E-state index contributed by atoms with van der Waals surface area (Å²) in [4.78, 5) is 29.1. The largest absolute Gasteiger partial charge is 0.352 e. The molecule has 3 aromatic rings. The van der Waals surface area contributed by atoms with Crippen molar-refractivity contribution in [2.75, 3.05) is 17.1 Å². The number of carbonyl (C=O) groups excluding carboxylic acids is 2. The van der Waals surface area contributed by atoms with Crippen molar-refractivity contribution in [3.8, 4) is 0 Å². The molecule has 2 amide bonds. The highest BCUT2D eigenvalue weighted by Crippen LogP contribution is 2.25. The number of carbonyl (C=O) groups is 2. The van der Waals surface area contributed by atoms with Crippen LogP contribution in [0, 0.1) is 13.8 Å². The molecule has 0 aliphatic rings. The summed E-state index contributed by atoms with van der Waals surface area (Å²) in [5, 5.41) is 2.95. The van der Waals surface area contributed by atoms with Crippen molar-refractivity contribution in [3.05, 3.63) is 99.5 Å². The Morgan fingerprint density at radius 3 is 2.15 bits per heavy atom. The molecule has 0 bridgehead atoms. The molecule has 0 spiro atoms. The molecule has 0 radical (unpaired) electrons. The highest BCUT2D eigenvalue weighted by atomic mass is 79.9. The molecule has 0 saturated heterocycles. The fraction of sp³-hybridized carbons (Fsp3) is 0.333. The summed E-state index contributed by atoms with van der Waals surface area (Å²) in [5.41, 5.74) is 3.77. The Kier molecular flexibility index (Phi) is 10.3. The van der Waals surface area contributed by atoms with E-state index < -0.39 is 28.5 Å². The van der Waals surface area contributed by atoms with Crippen LogP contribution in [0.5, 0.6) is 0 Å². The molecule has 0 heterocycles. The van der Waals surface area contributed by atoms with Crippen LogP contribution in [0.1, 0.15) is 36.1 Å². The first-order valence-electron chi connectivity index (χ1n) is 12.8. The first-order valence-corrected chi connectivity index (χ1v) is 15.4. The predicted octanol–water partition coefficient (Wildman–Crippen LogP) is 5.00.